The second kappa shape index (κ2) is 7.78. The minimum absolute atomic E-state index is 0.0285. The van der Waals surface area contributed by atoms with E-state index in [1.807, 2.05) is 30.3 Å². The summed E-state index contributed by atoms with van der Waals surface area (Å²) < 4.78 is 0. The van der Waals surface area contributed by atoms with Crippen LogP contribution in [-0.4, -0.2) is 47.6 Å². The number of rotatable bonds is 3. The maximum Gasteiger partial charge on any atom is 0.319 e. The van der Waals surface area contributed by atoms with Gasteiger partial charge in [-0.1, -0.05) is 18.2 Å². The summed E-state index contributed by atoms with van der Waals surface area (Å²) in [5, 5.41) is 9.57. The molecule has 2 aliphatic heterocycles. The van der Waals surface area contributed by atoms with E-state index in [4.69, 9.17) is 0 Å². The first-order valence-corrected chi connectivity index (χ1v) is 8.39. The second-order valence-corrected chi connectivity index (χ2v) is 6.12. The van der Waals surface area contributed by atoms with Crippen LogP contribution in [0.4, 0.5) is 10.5 Å². The van der Waals surface area contributed by atoms with Gasteiger partial charge in [0.15, 0.2) is 0 Å². The molecule has 132 valence electrons. The highest BCUT2D eigenvalue weighted by atomic mass is 16.2. The number of amides is 4. The molecule has 0 aromatic heterocycles. The van der Waals surface area contributed by atoms with Crippen LogP contribution < -0.4 is 16.1 Å². The van der Waals surface area contributed by atoms with Gasteiger partial charge in [0.1, 0.15) is 5.71 Å². The average molecular weight is 343 g/mol. The summed E-state index contributed by atoms with van der Waals surface area (Å²) in [4.78, 5) is 37.2. The van der Waals surface area contributed by atoms with Gasteiger partial charge in [-0.2, -0.15) is 5.10 Å². The van der Waals surface area contributed by atoms with Gasteiger partial charge in [0.25, 0.3) is 5.91 Å². The van der Waals surface area contributed by atoms with Gasteiger partial charge in [0.05, 0.1) is 0 Å². The largest absolute Gasteiger partial charge is 0.337 e. The Labute approximate surface area is 145 Å². The fourth-order valence-corrected chi connectivity index (χ4v) is 2.91. The minimum Gasteiger partial charge on any atom is -0.337 e. The molecule has 25 heavy (non-hydrogen) atoms. The first kappa shape index (κ1) is 16.9. The van der Waals surface area contributed by atoms with Gasteiger partial charge in [-0.25, -0.2) is 10.2 Å². The standard InChI is InChI=1S/C17H21N5O3/c23-15-7-6-14(20-21-15)16(24)22-10-8-13(9-11-22)19-17(25)18-12-4-2-1-3-5-12/h1-5,13H,6-11H2,(H,21,23)(H2,18,19,25). The van der Waals surface area contributed by atoms with Crippen molar-refractivity contribution in [3.63, 3.8) is 0 Å². The molecule has 8 heteroatoms. The lowest BCUT2D eigenvalue weighted by Crippen LogP contribution is -2.49. The Balaban J connectivity index is 1.45. The molecule has 0 aliphatic carbocycles. The molecule has 0 atom stereocenters. The van der Waals surface area contributed by atoms with Crippen LogP contribution in [0.1, 0.15) is 25.7 Å². The fraction of sp³-hybridized carbons (Fsp3) is 0.412. The van der Waals surface area contributed by atoms with Gasteiger partial charge >= 0.3 is 6.03 Å². The third-order valence-electron chi connectivity index (χ3n) is 4.30. The molecule has 0 saturated carbocycles. The maximum atomic E-state index is 12.4. The third kappa shape index (κ3) is 4.56. The number of carbonyl (C=O) groups excluding carboxylic acids is 3. The number of nitrogens with zero attached hydrogens (tertiary/aromatic N) is 2. The molecule has 3 N–H and O–H groups in total. The molecule has 0 spiro atoms. The summed E-state index contributed by atoms with van der Waals surface area (Å²) in [7, 11) is 0. The van der Waals surface area contributed by atoms with Crippen molar-refractivity contribution < 1.29 is 14.4 Å². The number of hydrazone groups is 1. The predicted molar refractivity (Wildman–Crippen MR) is 93.0 cm³/mol. The van der Waals surface area contributed by atoms with Crippen molar-refractivity contribution in [2.24, 2.45) is 5.10 Å². The first-order chi connectivity index (χ1) is 12.1. The molecular formula is C17H21N5O3. The Morgan fingerprint density at radius 1 is 1.12 bits per heavy atom. The van der Waals surface area contributed by atoms with Gasteiger partial charge in [-0.05, 0) is 25.0 Å². The van der Waals surface area contributed by atoms with Crippen LogP contribution in [0.25, 0.3) is 0 Å². The summed E-state index contributed by atoms with van der Waals surface area (Å²) in [5.74, 6) is -0.295. The minimum atomic E-state index is -0.240. The topological polar surface area (TPSA) is 103 Å². The number of hydrogen-bond acceptors (Lipinski definition) is 4. The van der Waals surface area contributed by atoms with E-state index in [1.54, 1.807) is 4.90 Å². The van der Waals surface area contributed by atoms with Crippen molar-refractivity contribution in [2.75, 3.05) is 18.4 Å². The molecule has 2 aliphatic rings. The Bertz CT molecular complexity index is 681. The normalized spacial score (nSPS) is 18.2. The van der Waals surface area contributed by atoms with E-state index in [-0.39, 0.29) is 23.9 Å². The van der Waals surface area contributed by atoms with E-state index in [1.165, 1.54) is 0 Å². The van der Waals surface area contributed by atoms with Crippen LogP contribution in [0, 0.1) is 0 Å². The van der Waals surface area contributed by atoms with E-state index in [0.717, 1.165) is 5.69 Å². The van der Waals surface area contributed by atoms with E-state index < -0.39 is 0 Å². The number of carbonyl (C=O) groups is 3. The summed E-state index contributed by atoms with van der Waals surface area (Å²) in [6, 6.07) is 9.04. The molecule has 8 nitrogen and oxygen atoms in total. The van der Waals surface area contributed by atoms with Crippen molar-refractivity contribution in [3.05, 3.63) is 30.3 Å². The van der Waals surface area contributed by atoms with Crippen LogP contribution in [0.15, 0.2) is 35.4 Å². The zero-order valence-corrected chi connectivity index (χ0v) is 13.8. The summed E-state index contributed by atoms with van der Waals surface area (Å²) >= 11 is 0. The first-order valence-electron chi connectivity index (χ1n) is 8.39. The van der Waals surface area contributed by atoms with Crippen LogP contribution >= 0.6 is 0 Å². The molecule has 1 fully saturated rings. The highest BCUT2D eigenvalue weighted by Crippen LogP contribution is 2.13. The van der Waals surface area contributed by atoms with Gasteiger partial charge in [-0.3, -0.25) is 9.59 Å². The van der Waals surface area contributed by atoms with Crippen molar-refractivity contribution in [1.82, 2.24) is 15.6 Å². The zero-order chi connectivity index (χ0) is 17.6. The number of para-hydroxylation sites is 1. The lowest BCUT2D eigenvalue weighted by atomic mass is 10.0. The maximum absolute atomic E-state index is 12.4. The number of hydrogen-bond donors (Lipinski definition) is 3. The van der Waals surface area contributed by atoms with Gasteiger partial charge < -0.3 is 15.5 Å². The fourth-order valence-electron chi connectivity index (χ4n) is 2.91. The molecule has 0 unspecified atom stereocenters. The molecular weight excluding hydrogens is 322 g/mol. The van der Waals surface area contributed by atoms with Gasteiger partial charge in [0.2, 0.25) is 5.91 Å². The quantitative estimate of drug-likeness (QED) is 0.765. The number of urea groups is 1. The van der Waals surface area contributed by atoms with E-state index in [0.29, 0.717) is 44.5 Å². The molecule has 0 bridgehead atoms. The molecule has 3 rings (SSSR count). The average Bonchev–Trinajstić information content (AvgIpc) is 2.63. The van der Waals surface area contributed by atoms with Crippen molar-refractivity contribution in [2.45, 2.75) is 31.7 Å². The number of benzene rings is 1. The predicted octanol–water partition coefficient (Wildman–Crippen LogP) is 1.07. The highest BCUT2D eigenvalue weighted by molar-refractivity contribution is 6.39. The third-order valence-corrected chi connectivity index (χ3v) is 4.30. The summed E-state index contributed by atoms with van der Waals surface area (Å²) in [5.41, 5.74) is 3.48. The lowest BCUT2D eigenvalue weighted by molar-refractivity contribution is -0.125. The molecule has 4 amide bonds. The van der Waals surface area contributed by atoms with Crippen LogP contribution in [0.5, 0.6) is 0 Å². The van der Waals surface area contributed by atoms with E-state index >= 15 is 0 Å². The number of nitrogens with one attached hydrogen (secondary N) is 3. The summed E-state index contributed by atoms with van der Waals surface area (Å²) in [6.07, 6.45) is 2.05. The van der Waals surface area contributed by atoms with Crippen molar-refractivity contribution in [1.29, 1.82) is 0 Å². The number of piperidine rings is 1. The second-order valence-electron chi connectivity index (χ2n) is 6.12. The van der Waals surface area contributed by atoms with Crippen molar-refractivity contribution >= 4 is 29.2 Å². The molecule has 0 radical (unpaired) electrons. The Morgan fingerprint density at radius 2 is 1.84 bits per heavy atom. The highest BCUT2D eigenvalue weighted by Gasteiger charge is 2.28. The molecule has 2 heterocycles. The Morgan fingerprint density at radius 3 is 2.48 bits per heavy atom. The van der Waals surface area contributed by atoms with Crippen LogP contribution in [0.2, 0.25) is 0 Å². The molecule has 1 aromatic rings. The summed E-state index contributed by atoms with van der Waals surface area (Å²) in [6.45, 7) is 1.12. The SMILES string of the molecule is O=C1CCC(C(=O)N2CCC(NC(=O)Nc3ccccc3)CC2)=NN1. The van der Waals surface area contributed by atoms with E-state index in [9.17, 15) is 14.4 Å². The number of anilines is 1. The molecule has 1 saturated heterocycles. The van der Waals surface area contributed by atoms with Gasteiger partial charge in [0, 0.05) is 37.7 Å². The monoisotopic (exact) mass is 343 g/mol. The Kier molecular flexibility index (Phi) is 5.27. The Hall–Kier alpha value is -2.90. The van der Waals surface area contributed by atoms with E-state index in [2.05, 4.69) is 21.2 Å². The van der Waals surface area contributed by atoms with Crippen LogP contribution in [0.3, 0.4) is 0 Å². The van der Waals surface area contributed by atoms with Gasteiger partial charge in [-0.15, -0.1) is 0 Å². The smallest absolute Gasteiger partial charge is 0.319 e. The number of likely N-dealkylation sites (tertiary alicyclic amines) is 1. The van der Waals surface area contributed by atoms with Crippen LogP contribution in [-0.2, 0) is 9.59 Å². The lowest BCUT2D eigenvalue weighted by Gasteiger charge is -2.32. The zero-order valence-electron chi connectivity index (χ0n) is 13.8. The molecule has 1 aromatic carbocycles. The van der Waals surface area contributed by atoms with Crippen molar-refractivity contribution in [3.8, 4) is 0 Å².